The number of urea groups is 1. The van der Waals surface area contributed by atoms with Gasteiger partial charge in [-0.1, -0.05) is 12.1 Å². The molecule has 0 atom stereocenters. The van der Waals surface area contributed by atoms with Gasteiger partial charge in [0, 0.05) is 43.6 Å². The summed E-state index contributed by atoms with van der Waals surface area (Å²) >= 11 is 0. The second kappa shape index (κ2) is 8.14. The fraction of sp³-hybridized carbons (Fsp3) is 0.364. The molecule has 0 unspecified atom stereocenters. The van der Waals surface area contributed by atoms with Crippen LogP contribution in [0.5, 0.6) is 0 Å². The van der Waals surface area contributed by atoms with E-state index in [4.69, 9.17) is 0 Å². The largest absolute Gasteiger partial charge is 0.353 e. The molecule has 2 amide bonds. The van der Waals surface area contributed by atoms with Crippen LogP contribution in [0.25, 0.3) is 5.82 Å². The van der Waals surface area contributed by atoms with Gasteiger partial charge in [-0.2, -0.15) is 5.10 Å². The first-order valence-electron chi connectivity index (χ1n) is 10.2. The second-order valence-corrected chi connectivity index (χ2v) is 7.74. The van der Waals surface area contributed by atoms with Gasteiger partial charge in [0.1, 0.15) is 11.6 Å². The maximum Gasteiger partial charge on any atom is 0.321 e. The zero-order chi connectivity index (χ0) is 21.3. The lowest BCUT2D eigenvalue weighted by molar-refractivity contribution is 0.208. The zero-order valence-electron chi connectivity index (χ0n) is 17.9. The molecule has 0 saturated carbocycles. The summed E-state index contributed by atoms with van der Waals surface area (Å²) < 4.78 is 1.85. The quantitative estimate of drug-likeness (QED) is 0.724. The molecule has 1 saturated heterocycles. The monoisotopic (exact) mass is 405 g/mol. The Kier molecular flexibility index (Phi) is 5.39. The summed E-state index contributed by atoms with van der Waals surface area (Å²) in [6.45, 7) is 10.6. The zero-order valence-corrected chi connectivity index (χ0v) is 17.9. The van der Waals surface area contributed by atoms with Crippen molar-refractivity contribution in [3.8, 4) is 5.82 Å². The number of carbonyl (C=O) groups is 1. The molecule has 1 aliphatic heterocycles. The van der Waals surface area contributed by atoms with Crippen molar-refractivity contribution in [2.75, 3.05) is 36.4 Å². The highest BCUT2D eigenvalue weighted by Crippen LogP contribution is 2.19. The molecule has 1 fully saturated rings. The normalized spacial score (nSPS) is 14.1. The lowest BCUT2D eigenvalue weighted by atomic mass is 10.2. The van der Waals surface area contributed by atoms with E-state index >= 15 is 0 Å². The lowest BCUT2D eigenvalue weighted by Crippen LogP contribution is -2.50. The number of nitrogens with zero attached hydrogens (tertiary/aromatic N) is 6. The molecule has 1 N–H and O–H groups in total. The Balaban J connectivity index is 1.44. The first kappa shape index (κ1) is 19.9. The van der Waals surface area contributed by atoms with Gasteiger partial charge in [-0.15, -0.1) is 0 Å². The SMILES string of the molecule is Cc1cccc(NC(=O)N2CCN(c3cc(-n4nc(C)cc4C)nc(C)n3)CC2)c1. The highest BCUT2D eigenvalue weighted by Gasteiger charge is 2.23. The van der Waals surface area contributed by atoms with Crippen LogP contribution < -0.4 is 10.2 Å². The van der Waals surface area contributed by atoms with Crippen molar-refractivity contribution >= 4 is 17.5 Å². The van der Waals surface area contributed by atoms with Crippen LogP contribution in [-0.2, 0) is 0 Å². The summed E-state index contributed by atoms with van der Waals surface area (Å²) in [6, 6.07) is 11.8. The van der Waals surface area contributed by atoms with Crippen LogP contribution in [0.3, 0.4) is 0 Å². The number of benzene rings is 1. The maximum atomic E-state index is 12.6. The molecule has 3 aromatic rings. The smallest absolute Gasteiger partial charge is 0.321 e. The number of hydrogen-bond donors (Lipinski definition) is 1. The van der Waals surface area contributed by atoms with Gasteiger partial charge in [0.05, 0.1) is 5.69 Å². The van der Waals surface area contributed by atoms with Crippen molar-refractivity contribution in [3.63, 3.8) is 0 Å². The first-order valence-corrected chi connectivity index (χ1v) is 10.2. The van der Waals surface area contributed by atoms with E-state index in [0.29, 0.717) is 32.0 Å². The van der Waals surface area contributed by atoms with Gasteiger partial charge in [-0.3, -0.25) is 0 Å². The minimum Gasteiger partial charge on any atom is -0.353 e. The molecule has 0 radical (unpaired) electrons. The molecule has 4 rings (SSSR count). The molecule has 0 spiro atoms. The van der Waals surface area contributed by atoms with Crippen LogP contribution in [0.2, 0.25) is 0 Å². The third-order valence-corrected chi connectivity index (χ3v) is 5.20. The van der Waals surface area contributed by atoms with Crippen molar-refractivity contribution in [3.05, 3.63) is 59.2 Å². The maximum absolute atomic E-state index is 12.6. The highest BCUT2D eigenvalue weighted by atomic mass is 16.2. The van der Waals surface area contributed by atoms with Crippen LogP contribution in [0.4, 0.5) is 16.3 Å². The Morgan fingerprint density at radius 3 is 2.33 bits per heavy atom. The minimum atomic E-state index is -0.0672. The van der Waals surface area contributed by atoms with Crippen molar-refractivity contribution in [2.45, 2.75) is 27.7 Å². The summed E-state index contributed by atoms with van der Waals surface area (Å²) in [5.41, 5.74) is 3.94. The third-order valence-electron chi connectivity index (χ3n) is 5.20. The van der Waals surface area contributed by atoms with E-state index < -0.39 is 0 Å². The number of nitrogens with one attached hydrogen (secondary N) is 1. The van der Waals surface area contributed by atoms with Crippen molar-refractivity contribution in [1.82, 2.24) is 24.6 Å². The minimum absolute atomic E-state index is 0.0672. The third kappa shape index (κ3) is 4.27. The number of hydrogen-bond acceptors (Lipinski definition) is 5. The van der Waals surface area contributed by atoms with Gasteiger partial charge in [0.15, 0.2) is 5.82 Å². The van der Waals surface area contributed by atoms with Gasteiger partial charge < -0.3 is 15.1 Å². The summed E-state index contributed by atoms with van der Waals surface area (Å²) in [5.74, 6) is 2.33. The standard InChI is InChI=1S/C22H27N7O/c1-15-6-5-7-19(12-15)25-22(30)28-10-8-27(9-11-28)20-14-21(24-18(4)23-20)29-17(3)13-16(2)26-29/h5-7,12-14H,8-11H2,1-4H3,(H,25,30). The molecule has 1 aliphatic rings. The topological polar surface area (TPSA) is 79.2 Å². The number of piperazine rings is 1. The van der Waals surface area contributed by atoms with Gasteiger partial charge in [0.2, 0.25) is 0 Å². The van der Waals surface area contributed by atoms with Crippen molar-refractivity contribution in [1.29, 1.82) is 0 Å². The number of amides is 2. The molecule has 156 valence electrons. The summed E-state index contributed by atoms with van der Waals surface area (Å²) in [6.07, 6.45) is 0. The first-order chi connectivity index (χ1) is 14.4. The molecule has 1 aromatic carbocycles. The number of carbonyl (C=O) groups excluding carboxylic acids is 1. The average Bonchev–Trinajstić information content (AvgIpc) is 3.06. The van der Waals surface area contributed by atoms with Gasteiger partial charge >= 0.3 is 6.03 Å². The number of rotatable bonds is 3. The highest BCUT2D eigenvalue weighted by molar-refractivity contribution is 5.89. The van der Waals surface area contributed by atoms with Crippen LogP contribution in [0.1, 0.15) is 22.8 Å². The summed E-state index contributed by atoms with van der Waals surface area (Å²) in [4.78, 5) is 25.8. The van der Waals surface area contributed by atoms with Crippen LogP contribution in [0.15, 0.2) is 36.4 Å². The number of aromatic nitrogens is 4. The van der Waals surface area contributed by atoms with Gasteiger partial charge in [0.25, 0.3) is 0 Å². The molecule has 8 heteroatoms. The van der Waals surface area contributed by atoms with E-state index in [2.05, 4.69) is 25.3 Å². The fourth-order valence-corrected chi connectivity index (χ4v) is 3.73. The van der Waals surface area contributed by atoms with Crippen LogP contribution >= 0.6 is 0 Å². The summed E-state index contributed by atoms with van der Waals surface area (Å²) in [7, 11) is 0. The molecular weight excluding hydrogens is 378 g/mol. The molecule has 30 heavy (non-hydrogen) atoms. The lowest BCUT2D eigenvalue weighted by Gasteiger charge is -2.35. The van der Waals surface area contributed by atoms with Gasteiger partial charge in [-0.05, 0) is 51.5 Å². The molecule has 0 aliphatic carbocycles. The van der Waals surface area contributed by atoms with Gasteiger partial charge in [-0.25, -0.2) is 19.4 Å². The average molecular weight is 406 g/mol. The molecule has 2 aromatic heterocycles. The fourth-order valence-electron chi connectivity index (χ4n) is 3.73. The predicted octanol–water partition coefficient (Wildman–Crippen LogP) is 3.25. The number of anilines is 2. The molecular formula is C22H27N7O. The van der Waals surface area contributed by atoms with Crippen molar-refractivity contribution in [2.24, 2.45) is 0 Å². The number of aryl methyl sites for hydroxylation is 4. The van der Waals surface area contributed by atoms with E-state index in [1.807, 2.05) is 73.7 Å². The van der Waals surface area contributed by atoms with E-state index in [1.54, 1.807) is 0 Å². The van der Waals surface area contributed by atoms with Crippen LogP contribution in [0, 0.1) is 27.7 Å². The van der Waals surface area contributed by atoms with E-state index in [9.17, 15) is 4.79 Å². The molecule has 0 bridgehead atoms. The van der Waals surface area contributed by atoms with Crippen molar-refractivity contribution < 1.29 is 4.79 Å². The van der Waals surface area contributed by atoms with E-state index in [0.717, 1.165) is 34.3 Å². The van der Waals surface area contributed by atoms with E-state index in [-0.39, 0.29) is 6.03 Å². The molecule has 8 nitrogen and oxygen atoms in total. The van der Waals surface area contributed by atoms with Crippen LogP contribution in [-0.4, -0.2) is 56.9 Å². The Bertz CT molecular complexity index is 1070. The Hall–Kier alpha value is -3.42. The summed E-state index contributed by atoms with van der Waals surface area (Å²) in [5, 5.41) is 7.52. The second-order valence-electron chi connectivity index (χ2n) is 7.74. The predicted molar refractivity (Wildman–Crippen MR) is 117 cm³/mol. The Labute approximate surface area is 176 Å². The molecule has 3 heterocycles. The Morgan fingerprint density at radius 2 is 1.67 bits per heavy atom. The van der Waals surface area contributed by atoms with E-state index in [1.165, 1.54) is 0 Å². The Morgan fingerprint density at radius 1 is 0.933 bits per heavy atom.